The third-order valence-corrected chi connectivity index (χ3v) is 2.02. The Hall–Kier alpha value is -0.410. The van der Waals surface area contributed by atoms with Gasteiger partial charge in [-0.3, -0.25) is 0 Å². The summed E-state index contributed by atoms with van der Waals surface area (Å²) in [6, 6.07) is 8.40. The van der Waals surface area contributed by atoms with Gasteiger partial charge in [0.15, 0.2) is 0 Å². The number of aliphatic hydroxyl groups is 1. The fourth-order valence-electron chi connectivity index (χ4n) is 0.753. The molecule has 0 aliphatic rings. The molecule has 2 unspecified atom stereocenters. The fourth-order valence-corrected chi connectivity index (χ4v) is 1.18. The van der Waals surface area contributed by atoms with Crippen LogP contribution in [-0.2, 0) is 4.57 Å². The summed E-state index contributed by atoms with van der Waals surface area (Å²) in [4.78, 5) is 8.53. The van der Waals surface area contributed by atoms with Crippen molar-refractivity contribution in [3.63, 3.8) is 0 Å². The van der Waals surface area contributed by atoms with Gasteiger partial charge in [0.1, 0.15) is 0 Å². The van der Waals surface area contributed by atoms with Gasteiger partial charge >= 0.3 is 13.9 Å². The number of benzene rings is 1. The Kier molecular flexibility index (Phi) is 5.09. The van der Waals surface area contributed by atoms with Crippen molar-refractivity contribution in [1.29, 1.82) is 0 Å². The molecule has 0 amide bonds. The van der Waals surface area contributed by atoms with Crippen molar-refractivity contribution in [2.24, 2.45) is 0 Å². The van der Waals surface area contributed by atoms with Crippen molar-refractivity contribution in [2.75, 3.05) is 0 Å². The molecule has 0 spiro atoms. The average molecular weight is 205 g/mol. The second-order valence-electron chi connectivity index (χ2n) is 2.09. The Labute approximate surface area is 78.4 Å². The molecule has 3 nitrogen and oxygen atoms in total. The monoisotopic (exact) mass is 205 g/mol. The first-order valence-electron chi connectivity index (χ1n) is 3.10. The third kappa shape index (κ3) is 2.91. The van der Waals surface area contributed by atoms with Crippen molar-refractivity contribution in [3.8, 4) is 0 Å². The highest BCUT2D eigenvalue weighted by Crippen LogP contribution is 2.34. The maximum atomic E-state index is 10.4. The van der Waals surface area contributed by atoms with Gasteiger partial charge in [-0.2, -0.15) is 18.4 Å². The van der Waals surface area contributed by atoms with Gasteiger partial charge in [-0.25, -0.2) is 0 Å². The normalized spacial score (nSPS) is 13.0. The SMILES string of the molecule is O=[P+](O)C(O)c1ccccc1.S. The molecule has 0 heterocycles. The van der Waals surface area contributed by atoms with Gasteiger partial charge in [-0.1, -0.05) is 30.3 Å². The van der Waals surface area contributed by atoms with Crippen LogP contribution in [0.3, 0.4) is 0 Å². The molecule has 1 rings (SSSR count). The van der Waals surface area contributed by atoms with Crippen LogP contribution >= 0.6 is 21.5 Å². The molecule has 1 aromatic carbocycles. The molecule has 0 aliphatic carbocycles. The van der Waals surface area contributed by atoms with Crippen LogP contribution in [0.4, 0.5) is 0 Å². The lowest BCUT2D eigenvalue weighted by Gasteiger charge is -1.94. The molecule has 5 heteroatoms. The molecule has 0 aliphatic heterocycles. The number of hydrogen-bond donors (Lipinski definition) is 2. The molecule has 1 aromatic rings. The summed E-state index contributed by atoms with van der Waals surface area (Å²) < 4.78 is 10.4. The van der Waals surface area contributed by atoms with Crippen molar-refractivity contribution in [3.05, 3.63) is 35.9 Å². The van der Waals surface area contributed by atoms with Gasteiger partial charge in [-0.05, 0) is 4.57 Å². The van der Waals surface area contributed by atoms with Crippen LogP contribution in [0, 0.1) is 0 Å². The first-order valence-corrected chi connectivity index (χ1v) is 4.38. The summed E-state index contributed by atoms with van der Waals surface area (Å²) in [5, 5.41) is 9.06. The molecule has 12 heavy (non-hydrogen) atoms. The summed E-state index contributed by atoms with van der Waals surface area (Å²) in [7, 11) is -2.53. The Balaban J connectivity index is 0.00000121. The molecule has 0 fully saturated rings. The van der Waals surface area contributed by atoms with E-state index in [-0.39, 0.29) is 13.5 Å². The van der Waals surface area contributed by atoms with E-state index in [0.717, 1.165) is 0 Å². The third-order valence-electron chi connectivity index (χ3n) is 1.31. The zero-order valence-corrected chi connectivity index (χ0v) is 8.11. The van der Waals surface area contributed by atoms with Crippen LogP contribution < -0.4 is 0 Å². The van der Waals surface area contributed by atoms with E-state index in [9.17, 15) is 4.57 Å². The van der Waals surface area contributed by atoms with E-state index >= 15 is 0 Å². The van der Waals surface area contributed by atoms with Gasteiger partial charge in [-0.15, -0.1) is 0 Å². The van der Waals surface area contributed by atoms with Crippen molar-refractivity contribution in [1.82, 2.24) is 0 Å². The van der Waals surface area contributed by atoms with Crippen LogP contribution in [0.25, 0.3) is 0 Å². The predicted octanol–water partition coefficient (Wildman–Crippen LogP) is 1.52. The number of rotatable bonds is 2. The summed E-state index contributed by atoms with van der Waals surface area (Å²) in [6.07, 6.45) is 0. The molecule has 0 bridgehead atoms. The van der Waals surface area contributed by atoms with Crippen molar-refractivity contribution in [2.45, 2.75) is 5.85 Å². The maximum Gasteiger partial charge on any atom is 0.542 e. The smallest absolute Gasteiger partial charge is 0.345 e. The van der Waals surface area contributed by atoms with Gasteiger partial charge in [0.2, 0.25) is 0 Å². The highest BCUT2D eigenvalue weighted by Gasteiger charge is 2.27. The molecule has 2 atom stereocenters. The minimum atomic E-state index is -2.53. The molecule has 66 valence electrons. The topological polar surface area (TPSA) is 57.5 Å². The van der Waals surface area contributed by atoms with E-state index in [4.69, 9.17) is 10.00 Å². The second kappa shape index (κ2) is 5.27. The Morgan fingerprint density at radius 3 is 2.17 bits per heavy atom. The van der Waals surface area contributed by atoms with Crippen LogP contribution in [0.2, 0.25) is 0 Å². The first-order chi connectivity index (χ1) is 5.22. The Morgan fingerprint density at radius 2 is 1.75 bits per heavy atom. The first kappa shape index (κ1) is 11.6. The van der Waals surface area contributed by atoms with Crippen LogP contribution in [0.5, 0.6) is 0 Å². The molecule has 0 saturated carbocycles. The number of hydrogen-bond acceptors (Lipinski definition) is 2. The fraction of sp³-hybridized carbons (Fsp3) is 0.143. The lowest BCUT2D eigenvalue weighted by molar-refractivity contribution is 0.243. The minimum Gasteiger partial charge on any atom is -0.345 e. The number of aliphatic hydroxyl groups excluding tert-OH is 1. The van der Waals surface area contributed by atoms with Gasteiger partial charge in [0.05, 0.1) is 0 Å². The highest BCUT2D eigenvalue weighted by molar-refractivity contribution is 7.59. The van der Waals surface area contributed by atoms with Crippen LogP contribution in [-0.4, -0.2) is 10.00 Å². The molecule has 0 radical (unpaired) electrons. The summed E-state index contributed by atoms with van der Waals surface area (Å²) in [5.74, 6) is -1.26. The highest BCUT2D eigenvalue weighted by atomic mass is 32.1. The van der Waals surface area contributed by atoms with Gasteiger partial charge in [0.25, 0.3) is 0 Å². The standard InChI is InChI=1S/C7H7O3P.H2S/c8-7(11(9)10)6-4-2-1-3-5-6;/h1-5,7-8H;1H2/p+1. The van der Waals surface area contributed by atoms with E-state index in [0.29, 0.717) is 5.56 Å². The zero-order chi connectivity index (χ0) is 8.27. The molecule has 0 aromatic heterocycles. The van der Waals surface area contributed by atoms with Gasteiger partial charge < -0.3 is 5.11 Å². The summed E-state index contributed by atoms with van der Waals surface area (Å²) in [5.41, 5.74) is 0.469. The Morgan fingerprint density at radius 1 is 1.25 bits per heavy atom. The lowest BCUT2D eigenvalue weighted by Crippen LogP contribution is -1.89. The van der Waals surface area contributed by atoms with E-state index in [1.165, 1.54) is 0 Å². The molecule has 0 saturated heterocycles. The van der Waals surface area contributed by atoms with Crippen molar-refractivity contribution >= 4 is 21.5 Å². The molecule has 2 N–H and O–H groups in total. The average Bonchev–Trinajstić information content (AvgIpc) is 2.05. The molecular formula is C7H10O3PS+. The predicted molar refractivity (Wildman–Crippen MR) is 51.6 cm³/mol. The second-order valence-corrected chi connectivity index (χ2v) is 3.18. The zero-order valence-electron chi connectivity index (χ0n) is 6.21. The van der Waals surface area contributed by atoms with E-state index in [2.05, 4.69) is 0 Å². The summed E-state index contributed by atoms with van der Waals surface area (Å²) >= 11 is 0. The maximum absolute atomic E-state index is 10.4. The van der Waals surface area contributed by atoms with E-state index in [1.807, 2.05) is 0 Å². The van der Waals surface area contributed by atoms with E-state index < -0.39 is 13.9 Å². The summed E-state index contributed by atoms with van der Waals surface area (Å²) in [6.45, 7) is 0. The van der Waals surface area contributed by atoms with Gasteiger partial charge in [0, 0.05) is 5.56 Å². The molecular weight excluding hydrogens is 195 g/mol. The Bertz CT molecular complexity index is 252. The van der Waals surface area contributed by atoms with Crippen LogP contribution in [0.15, 0.2) is 30.3 Å². The van der Waals surface area contributed by atoms with Crippen LogP contribution in [0.1, 0.15) is 11.4 Å². The minimum absolute atomic E-state index is 0. The van der Waals surface area contributed by atoms with Crippen molar-refractivity contribution < 1.29 is 14.6 Å². The van der Waals surface area contributed by atoms with E-state index in [1.54, 1.807) is 30.3 Å². The lowest BCUT2D eigenvalue weighted by atomic mass is 10.2. The quantitative estimate of drug-likeness (QED) is 0.720. The largest absolute Gasteiger partial charge is 0.542 e.